The van der Waals surface area contributed by atoms with Gasteiger partial charge in [0.1, 0.15) is 5.84 Å². The molecule has 0 spiro atoms. The first-order chi connectivity index (χ1) is 5.72. The molecule has 0 aliphatic heterocycles. The summed E-state index contributed by atoms with van der Waals surface area (Å²) in [5, 5.41) is 11.4. The monoisotopic (exact) mass is 170 g/mol. The molecule has 2 atom stereocenters. The minimum absolute atomic E-state index is 0.383. The third-order valence-electron chi connectivity index (χ3n) is 2.67. The second-order valence-corrected chi connectivity index (χ2v) is 3.93. The van der Waals surface area contributed by atoms with E-state index in [1.165, 1.54) is 25.7 Å². The van der Waals surface area contributed by atoms with E-state index in [4.69, 9.17) is 10.9 Å². The first-order valence-corrected chi connectivity index (χ1v) is 4.68. The van der Waals surface area contributed by atoms with Crippen molar-refractivity contribution in [1.82, 2.24) is 0 Å². The molecule has 0 bridgehead atoms. The molecule has 1 saturated carbocycles. The summed E-state index contributed by atoms with van der Waals surface area (Å²) in [6.45, 7) is 2.28. The molecule has 0 aromatic heterocycles. The second-order valence-electron chi connectivity index (χ2n) is 3.93. The molecule has 1 aliphatic carbocycles. The van der Waals surface area contributed by atoms with Gasteiger partial charge in [-0.2, -0.15) is 0 Å². The van der Waals surface area contributed by atoms with E-state index in [1.807, 2.05) is 0 Å². The highest BCUT2D eigenvalue weighted by Gasteiger charge is 2.19. The molecule has 0 aromatic carbocycles. The molecule has 1 fully saturated rings. The Morgan fingerprint density at radius 1 is 1.58 bits per heavy atom. The number of hydrogen-bond acceptors (Lipinski definition) is 2. The van der Waals surface area contributed by atoms with Crippen molar-refractivity contribution in [3.8, 4) is 0 Å². The summed E-state index contributed by atoms with van der Waals surface area (Å²) in [7, 11) is 0. The molecule has 0 aromatic rings. The van der Waals surface area contributed by atoms with Gasteiger partial charge < -0.3 is 10.9 Å². The van der Waals surface area contributed by atoms with Crippen LogP contribution in [0.5, 0.6) is 0 Å². The lowest BCUT2D eigenvalue weighted by Gasteiger charge is -2.25. The van der Waals surface area contributed by atoms with Crippen molar-refractivity contribution in [3.05, 3.63) is 0 Å². The normalized spacial score (nSPS) is 31.9. The Morgan fingerprint density at radius 3 is 2.92 bits per heavy atom. The zero-order valence-electron chi connectivity index (χ0n) is 7.66. The topological polar surface area (TPSA) is 58.6 Å². The molecule has 1 aliphatic rings. The van der Waals surface area contributed by atoms with Crippen LogP contribution in [0.25, 0.3) is 0 Å². The third kappa shape index (κ3) is 2.72. The molecule has 70 valence electrons. The lowest BCUT2D eigenvalue weighted by molar-refractivity contribution is 0.281. The van der Waals surface area contributed by atoms with E-state index in [2.05, 4.69) is 12.1 Å². The fraction of sp³-hybridized carbons (Fsp3) is 0.889. The van der Waals surface area contributed by atoms with Crippen molar-refractivity contribution < 1.29 is 5.21 Å². The third-order valence-corrected chi connectivity index (χ3v) is 2.67. The van der Waals surface area contributed by atoms with Crippen LogP contribution >= 0.6 is 0 Å². The van der Waals surface area contributed by atoms with Crippen LogP contribution < -0.4 is 5.73 Å². The van der Waals surface area contributed by atoms with Crippen molar-refractivity contribution in [2.45, 2.75) is 39.0 Å². The maximum absolute atomic E-state index is 8.39. The Balaban J connectivity index is 2.32. The molecule has 0 radical (unpaired) electrons. The van der Waals surface area contributed by atoms with E-state index in [0.29, 0.717) is 11.8 Å². The van der Waals surface area contributed by atoms with Crippen LogP contribution in [-0.4, -0.2) is 11.0 Å². The first-order valence-electron chi connectivity index (χ1n) is 4.68. The quantitative estimate of drug-likeness (QED) is 0.288. The van der Waals surface area contributed by atoms with E-state index < -0.39 is 0 Å². The largest absolute Gasteiger partial charge is 0.409 e. The van der Waals surface area contributed by atoms with Crippen LogP contribution in [0, 0.1) is 11.8 Å². The smallest absolute Gasteiger partial charge is 0.139 e. The van der Waals surface area contributed by atoms with Crippen molar-refractivity contribution in [3.63, 3.8) is 0 Å². The fourth-order valence-corrected chi connectivity index (χ4v) is 2.08. The Kier molecular flexibility index (Phi) is 3.38. The minimum Gasteiger partial charge on any atom is -0.409 e. The summed E-state index contributed by atoms with van der Waals surface area (Å²) < 4.78 is 0. The van der Waals surface area contributed by atoms with E-state index in [-0.39, 0.29) is 0 Å². The summed E-state index contributed by atoms with van der Waals surface area (Å²) in [5.41, 5.74) is 5.45. The lowest BCUT2D eigenvalue weighted by atomic mass is 9.81. The zero-order chi connectivity index (χ0) is 8.97. The van der Waals surface area contributed by atoms with Gasteiger partial charge in [-0.3, -0.25) is 0 Å². The standard InChI is InChI=1S/C9H18N2O/c1-7-3-2-4-8(5-7)6-9(10)11-12/h7-8,12H,2-6H2,1H3,(H2,10,11). The van der Waals surface area contributed by atoms with E-state index in [0.717, 1.165) is 12.3 Å². The zero-order valence-corrected chi connectivity index (χ0v) is 7.66. The molecule has 0 saturated heterocycles. The van der Waals surface area contributed by atoms with Crippen LogP contribution in [0.4, 0.5) is 0 Å². The predicted octanol–water partition coefficient (Wildman–Crippen LogP) is 1.95. The molecule has 3 heteroatoms. The summed E-state index contributed by atoms with van der Waals surface area (Å²) >= 11 is 0. The highest BCUT2D eigenvalue weighted by Crippen LogP contribution is 2.30. The van der Waals surface area contributed by atoms with Gasteiger partial charge in [0.25, 0.3) is 0 Å². The Bertz CT molecular complexity index is 168. The molecule has 2 unspecified atom stereocenters. The van der Waals surface area contributed by atoms with Crippen LogP contribution in [0.15, 0.2) is 5.16 Å². The molecule has 12 heavy (non-hydrogen) atoms. The number of oxime groups is 1. The number of hydrogen-bond donors (Lipinski definition) is 2. The van der Waals surface area contributed by atoms with Gasteiger partial charge in [-0.05, 0) is 24.7 Å². The summed E-state index contributed by atoms with van der Waals surface area (Å²) in [4.78, 5) is 0. The van der Waals surface area contributed by atoms with Crippen LogP contribution in [0.1, 0.15) is 39.0 Å². The lowest BCUT2D eigenvalue weighted by Crippen LogP contribution is -2.21. The van der Waals surface area contributed by atoms with E-state index in [9.17, 15) is 0 Å². The Morgan fingerprint density at radius 2 is 2.33 bits per heavy atom. The maximum Gasteiger partial charge on any atom is 0.139 e. The fourth-order valence-electron chi connectivity index (χ4n) is 2.08. The van der Waals surface area contributed by atoms with E-state index >= 15 is 0 Å². The highest BCUT2D eigenvalue weighted by molar-refractivity contribution is 5.79. The minimum atomic E-state index is 0.383. The summed E-state index contributed by atoms with van der Waals surface area (Å²) in [6.07, 6.45) is 5.87. The van der Waals surface area contributed by atoms with Crippen LogP contribution in [0.2, 0.25) is 0 Å². The molecule has 1 rings (SSSR count). The maximum atomic E-state index is 8.39. The van der Waals surface area contributed by atoms with Crippen molar-refractivity contribution >= 4 is 5.84 Å². The van der Waals surface area contributed by atoms with Gasteiger partial charge in [0, 0.05) is 6.42 Å². The van der Waals surface area contributed by atoms with Gasteiger partial charge >= 0.3 is 0 Å². The molecule has 0 heterocycles. The van der Waals surface area contributed by atoms with Gasteiger partial charge in [-0.25, -0.2) is 0 Å². The number of nitrogens with zero attached hydrogens (tertiary/aromatic N) is 1. The number of rotatable bonds is 2. The SMILES string of the molecule is CC1CCCC(C/C(N)=N/O)C1. The van der Waals surface area contributed by atoms with Gasteiger partial charge in [0.05, 0.1) is 0 Å². The first kappa shape index (κ1) is 9.36. The summed E-state index contributed by atoms with van der Waals surface area (Å²) in [6, 6.07) is 0. The van der Waals surface area contributed by atoms with Crippen molar-refractivity contribution in [1.29, 1.82) is 0 Å². The molecular formula is C9H18N2O. The van der Waals surface area contributed by atoms with Gasteiger partial charge in [-0.15, -0.1) is 0 Å². The van der Waals surface area contributed by atoms with Gasteiger partial charge in [-0.1, -0.05) is 24.9 Å². The molecular weight excluding hydrogens is 152 g/mol. The second kappa shape index (κ2) is 4.33. The Hall–Kier alpha value is -0.730. The number of amidine groups is 1. The van der Waals surface area contributed by atoms with E-state index in [1.54, 1.807) is 0 Å². The van der Waals surface area contributed by atoms with Crippen LogP contribution in [-0.2, 0) is 0 Å². The van der Waals surface area contributed by atoms with Gasteiger partial charge in [0.15, 0.2) is 0 Å². The van der Waals surface area contributed by atoms with Crippen LogP contribution in [0.3, 0.4) is 0 Å². The average Bonchev–Trinajstić information content (AvgIpc) is 2.04. The average molecular weight is 170 g/mol. The molecule has 3 nitrogen and oxygen atoms in total. The van der Waals surface area contributed by atoms with Crippen molar-refractivity contribution in [2.24, 2.45) is 22.7 Å². The summed E-state index contributed by atoms with van der Waals surface area (Å²) in [5.74, 6) is 1.84. The number of nitrogens with two attached hydrogens (primary N) is 1. The van der Waals surface area contributed by atoms with Crippen molar-refractivity contribution in [2.75, 3.05) is 0 Å². The Labute approximate surface area is 73.6 Å². The molecule has 3 N–H and O–H groups in total. The highest BCUT2D eigenvalue weighted by atomic mass is 16.4. The predicted molar refractivity (Wildman–Crippen MR) is 49.1 cm³/mol. The van der Waals surface area contributed by atoms with Gasteiger partial charge in [0.2, 0.25) is 0 Å². The molecule has 0 amide bonds.